The first kappa shape index (κ1) is 14.8. The largest absolute Gasteiger partial charge is 1.00 e. The van der Waals surface area contributed by atoms with Crippen molar-refractivity contribution in [1.82, 2.24) is 15.0 Å². The fraction of sp³-hybridized carbons (Fsp3) is 0.167. The molecule has 21 heavy (non-hydrogen) atoms. The normalized spacial score (nSPS) is 12.5. The topological polar surface area (TPSA) is 127 Å². The minimum atomic E-state index is -0.735. The molecule has 1 aliphatic rings. The first-order valence-corrected chi connectivity index (χ1v) is 5.76. The molecule has 0 spiro atoms. The van der Waals surface area contributed by atoms with Crippen molar-refractivity contribution in [2.24, 2.45) is 0 Å². The molecule has 2 aromatic rings. The van der Waals surface area contributed by atoms with Crippen LogP contribution >= 0.6 is 0 Å². The summed E-state index contributed by atoms with van der Waals surface area (Å²) in [6.45, 7) is 3.02. The van der Waals surface area contributed by atoms with E-state index in [0.29, 0.717) is 5.82 Å². The molecule has 2 heterocycles. The Hall–Kier alpha value is -2.61. The number of aryl methyl sites for hydroxylation is 2. The fourth-order valence-corrected chi connectivity index (χ4v) is 2.22. The van der Waals surface area contributed by atoms with Gasteiger partial charge in [0.2, 0.25) is 11.6 Å². The summed E-state index contributed by atoms with van der Waals surface area (Å²) in [7, 11) is 0. The molecule has 3 N–H and O–H groups in total. The summed E-state index contributed by atoms with van der Waals surface area (Å²) in [5.74, 6) is -0.931. The first-order valence-electron chi connectivity index (χ1n) is 5.76. The standard InChI is InChI=1S/C12H8N4O4.ClH/c1-3-13-7-5(11(19)15-3)10(18)8-6(9(7)17)12(20)16-4(2)14-8;/h1-2H3,(H,13,15,19)(H,14,16,20);1H. The van der Waals surface area contributed by atoms with Gasteiger partial charge in [0.25, 0.3) is 11.4 Å². The van der Waals surface area contributed by atoms with Crippen LogP contribution < -0.4 is 28.5 Å². The maximum absolute atomic E-state index is 12.3. The van der Waals surface area contributed by atoms with Crippen LogP contribution in [0, 0.1) is 13.8 Å². The van der Waals surface area contributed by atoms with Crippen molar-refractivity contribution >= 4 is 11.6 Å². The number of fused-ring (bicyclic) bond motifs is 2. The zero-order valence-corrected chi connectivity index (χ0v) is 11.7. The predicted octanol–water partition coefficient (Wildman–Crippen LogP) is -4.33. The van der Waals surface area contributed by atoms with E-state index in [2.05, 4.69) is 19.9 Å². The molecule has 0 atom stereocenters. The van der Waals surface area contributed by atoms with Crippen LogP contribution in [0.1, 0.15) is 43.8 Å². The van der Waals surface area contributed by atoms with Crippen LogP contribution in [0.2, 0.25) is 0 Å². The minimum absolute atomic E-state index is 0. The number of carbonyl (C=O) groups is 2. The Balaban J connectivity index is 0.00000161. The Morgan fingerprint density at radius 3 is 2.19 bits per heavy atom. The van der Waals surface area contributed by atoms with Crippen molar-refractivity contribution in [3.05, 3.63) is 54.9 Å². The van der Waals surface area contributed by atoms with E-state index in [1.54, 1.807) is 0 Å². The average molecular weight is 309 g/mol. The maximum Gasteiger partial charge on any atom is 0.347 e. The second kappa shape index (κ2) is 4.74. The predicted molar refractivity (Wildman–Crippen MR) is 64.8 cm³/mol. The Bertz CT molecular complexity index is 837. The number of H-pyrrole nitrogens is 3. The van der Waals surface area contributed by atoms with Gasteiger partial charge in [-0.1, -0.05) is 0 Å². The summed E-state index contributed by atoms with van der Waals surface area (Å²) < 4.78 is 0. The van der Waals surface area contributed by atoms with Gasteiger partial charge >= 0.3 is 5.56 Å². The van der Waals surface area contributed by atoms with Gasteiger partial charge in [-0.15, -0.1) is 0 Å². The smallest absolute Gasteiger partial charge is 0.347 e. The lowest BCUT2D eigenvalue weighted by Crippen LogP contribution is -3.00. The summed E-state index contributed by atoms with van der Waals surface area (Å²) in [5, 5.41) is 0. The molecular weight excluding hydrogens is 300 g/mol. The van der Waals surface area contributed by atoms with Crippen molar-refractivity contribution in [1.29, 1.82) is 0 Å². The lowest BCUT2D eigenvalue weighted by Gasteiger charge is -2.12. The molecule has 0 aliphatic heterocycles. The third-order valence-corrected chi connectivity index (χ3v) is 3.02. The van der Waals surface area contributed by atoms with Gasteiger partial charge in [0.1, 0.15) is 17.1 Å². The van der Waals surface area contributed by atoms with Gasteiger partial charge in [-0.25, -0.2) is 19.7 Å². The second-order valence-corrected chi connectivity index (χ2v) is 4.49. The van der Waals surface area contributed by atoms with Gasteiger partial charge in [0, 0.05) is 6.92 Å². The van der Waals surface area contributed by atoms with Gasteiger partial charge in [-0.3, -0.25) is 14.4 Å². The minimum Gasteiger partial charge on any atom is -1.00 e. The summed E-state index contributed by atoms with van der Waals surface area (Å²) in [5.41, 5.74) is -2.49. The zero-order valence-electron chi connectivity index (χ0n) is 11.0. The average Bonchev–Trinajstić information content (AvgIpc) is 2.34. The Kier molecular flexibility index (Phi) is 3.34. The van der Waals surface area contributed by atoms with Crippen molar-refractivity contribution in [2.45, 2.75) is 13.8 Å². The molecule has 0 bridgehead atoms. The third-order valence-electron chi connectivity index (χ3n) is 3.02. The Labute approximate surface area is 123 Å². The highest BCUT2D eigenvalue weighted by molar-refractivity contribution is 6.25. The number of aromatic nitrogens is 4. The first-order chi connectivity index (χ1) is 9.40. The Morgan fingerprint density at radius 1 is 0.905 bits per heavy atom. The van der Waals surface area contributed by atoms with Gasteiger partial charge in [0.15, 0.2) is 11.3 Å². The van der Waals surface area contributed by atoms with Crippen LogP contribution in [-0.4, -0.2) is 26.5 Å². The van der Waals surface area contributed by atoms with E-state index in [9.17, 15) is 19.2 Å². The van der Waals surface area contributed by atoms with Crippen LogP contribution in [-0.2, 0) is 0 Å². The summed E-state index contributed by atoms with van der Waals surface area (Å²) in [6, 6.07) is 0. The number of nitrogens with zero attached hydrogens (tertiary/aromatic N) is 1. The molecule has 0 aromatic carbocycles. The van der Waals surface area contributed by atoms with Crippen molar-refractivity contribution < 1.29 is 27.0 Å². The van der Waals surface area contributed by atoms with Crippen LogP contribution in [0.5, 0.6) is 0 Å². The second-order valence-electron chi connectivity index (χ2n) is 4.49. The van der Waals surface area contributed by atoms with Crippen LogP contribution in [0.15, 0.2) is 9.59 Å². The summed E-state index contributed by atoms with van der Waals surface area (Å²) in [4.78, 5) is 59.6. The Morgan fingerprint density at radius 2 is 1.52 bits per heavy atom. The molecule has 0 saturated heterocycles. The molecule has 0 fully saturated rings. The molecule has 3 rings (SSSR count). The molecule has 1 aliphatic carbocycles. The molecule has 9 heteroatoms. The zero-order chi connectivity index (χ0) is 14.6. The maximum atomic E-state index is 12.3. The summed E-state index contributed by atoms with van der Waals surface area (Å²) >= 11 is 0. The van der Waals surface area contributed by atoms with Crippen LogP contribution in [0.3, 0.4) is 0 Å². The quantitative estimate of drug-likeness (QED) is 0.434. The number of nitrogens with one attached hydrogen (secondary N) is 3. The molecule has 2 aromatic heterocycles. The lowest BCUT2D eigenvalue weighted by molar-refractivity contribution is -0.396. The van der Waals surface area contributed by atoms with Crippen molar-refractivity contribution in [3.63, 3.8) is 0 Å². The van der Waals surface area contributed by atoms with Gasteiger partial charge < -0.3 is 17.4 Å². The van der Waals surface area contributed by atoms with Gasteiger partial charge in [-0.2, -0.15) is 0 Å². The molecule has 108 valence electrons. The van der Waals surface area contributed by atoms with E-state index in [-0.39, 0.29) is 40.7 Å². The monoisotopic (exact) mass is 308 g/mol. The molecule has 8 nitrogen and oxygen atoms in total. The number of rotatable bonds is 0. The van der Waals surface area contributed by atoms with E-state index >= 15 is 0 Å². The highest BCUT2D eigenvalue weighted by atomic mass is 35.5. The van der Waals surface area contributed by atoms with Crippen LogP contribution in [0.4, 0.5) is 0 Å². The van der Waals surface area contributed by atoms with Gasteiger partial charge in [0.05, 0.1) is 0 Å². The van der Waals surface area contributed by atoms with E-state index in [1.807, 2.05) is 0 Å². The van der Waals surface area contributed by atoms with E-state index in [0.717, 1.165) is 0 Å². The molecular formula is C12H9ClN4O4. The number of ketones is 2. The molecule has 0 saturated carbocycles. The SMILES string of the molecule is Cc1nc2c(c(=O)[nH]1)C(=O)c1[nH+]c(C)[nH]c(=O)c1C2=O.[Cl-]. The van der Waals surface area contributed by atoms with Crippen LogP contribution in [0.25, 0.3) is 0 Å². The van der Waals surface area contributed by atoms with E-state index < -0.39 is 22.7 Å². The highest BCUT2D eigenvalue weighted by Crippen LogP contribution is 2.18. The third kappa shape index (κ3) is 2.00. The summed E-state index contributed by atoms with van der Waals surface area (Å²) in [6.07, 6.45) is 0. The number of hydrogen-bond acceptors (Lipinski definition) is 5. The molecule has 0 radical (unpaired) electrons. The fourth-order valence-electron chi connectivity index (χ4n) is 2.22. The number of halogens is 1. The molecule has 0 amide bonds. The van der Waals surface area contributed by atoms with E-state index in [1.165, 1.54) is 13.8 Å². The van der Waals surface area contributed by atoms with Crippen molar-refractivity contribution in [3.8, 4) is 0 Å². The number of hydrogen-bond donors (Lipinski definition) is 2. The highest BCUT2D eigenvalue weighted by Gasteiger charge is 2.39. The lowest BCUT2D eigenvalue weighted by atomic mass is 9.92. The van der Waals surface area contributed by atoms with Crippen molar-refractivity contribution in [2.75, 3.05) is 0 Å². The number of aromatic amines is 3. The number of carbonyl (C=O) groups excluding carboxylic acids is 2. The van der Waals surface area contributed by atoms with Gasteiger partial charge in [-0.05, 0) is 6.92 Å². The van der Waals surface area contributed by atoms with E-state index in [4.69, 9.17) is 0 Å². The molecule has 0 unspecified atom stereocenters.